The van der Waals surface area contributed by atoms with E-state index in [4.69, 9.17) is 0 Å². The van der Waals surface area contributed by atoms with Gasteiger partial charge in [-0.15, -0.1) is 6.58 Å². The van der Waals surface area contributed by atoms with Crippen molar-refractivity contribution in [3.8, 4) is 0 Å². The molecule has 0 amide bonds. The first-order valence-electron chi connectivity index (χ1n) is 5.18. The van der Waals surface area contributed by atoms with E-state index in [-0.39, 0.29) is 6.54 Å². The van der Waals surface area contributed by atoms with Gasteiger partial charge in [0.05, 0.1) is 4.90 Å². The fourth-order valence-corrected chi connectivity index (χ4v) is 3.71. The minimum atomic E-state index is -3.47. The van der Waals surface area contributed by atoms with E-state index in [9.17, 15) is 8.42 Å². The SMILES string of the molecule is C=CCNS(=O)(=O)c1c(C)cc(C)c(Br)c1C. The molecule has 0 spiro atoms. The molecule has 94 valence electrons. The highest BCUT2D eigenvalue weighted by Crippen LogP contribution is 2.29. The third-order valence-corrected chi connectivity index (χ3v) is 5.43. The van der Waals surface area contributed by atoms with Gasteiger partial charge in [-0.25, -0.2) is 13.1 Å². The summed E-state index contributed by atoms with van der Waals surface area (Å²) >= 11 is 3.41. The van der Waals surface area contributed by atoms with E-state index in [0.717, 1.165) is 21.2 Å². The van der Waals surface area contributed by atoms with E-state index in [1.165, 1.54) is 6.08 Å². The van der Waals surface area contributed by atoms with Crippen molar-refractivity contribution in [3.05, 3.63) is 39.9 Å². The van der Waals surface area contributed by atoms with Gasteiger partial charge in [0, 0.05) is 11.0 Å². The summed E-state index contributed by atoms with van der Waals surface area (Å²) < 4.78 is 27.6. The average Bonchev–Trinajstić information content (AvgIpc) is 2.23. The molecule has 1 aromatic rings. The predicted octanol–water partition coefficient (Wildman–Crippen LogP) is 2.84. The molecule has 1 N–H and O–H groups in total. The first-order valence-corrected chi connectivity index (χ1v) is 7.45. The smallest absolute Gasteiger partial charge is 0.207 e. The normalized spacial score (nSPS) is 11.5. The van der Waals surface area contributed by atoms with Gasteiger partial charge in [0.2, 0.25) is 10.0 Å². The van der Waals surface area contributed by atoms with Gasteiger partial charge in [0.1, 0.15) is 0 Å². The van der Waals surface area contributed by atoms with Crippen LogP contribution in [0.15, 0.2) is 28.1 Å². The number of nitrogens with one attached hydrogen (secondary N) is 1. The van der Waals surface area contributed by atoms with Gasteiger partial charge in [-0.1, -0.05) is 28.1 Å². The monoisotopic (exact) mass is 317 g/mol. The summed E-state index contributed by atoms with van der Waals surface area (Å²) in [7, 11) is -3.47. The van der Waals surface area contributed by atoms with Crippen LogP contribution >= 0.6 is 15.9 Å². The summed E-state index contributed by atoms with van der Waals surface area (Å²) in [6.07, 6.45) is 1.52. The zero-order valence-electron chi connectivity index (χ0n) is 10.2. The van der Waals surface area contributed by atoms with Gasteiger partial charge < -0.3 is 0 Å². The van der Waals surface area contributed by atoms with Crippen LogP contribution in [0, 0.1) is 20.8 Å². The molecule has 1 rings (SSSR count). The van der Waals surface area contributed by atoms with Gasteiger partial charge >= 0.3 is 0 Å². The van der Waals surface area contributed by atoms with Gasteiger partial charge in [-0.3, -0.25) is 0 Å². The Hall–Kier alpha value is -0.650. The lowest BCUT2D eigenvalue weighted by Crippen LogP contribution is -2.25. The van der Waals surface area contributed by atoms with E-state index in [2.05, 4.69) is 27.2 Å². The van der Waals surface area contributed by atoms with E-state index in [0.29, 0.717) is 4.90 Å². The van der Waals surface area contributed by atoms with Gasteiger partial charge in [-0.05, 0) is 37.5 Å². The van der Waals surface area contributed by atoms with Crippen molar-refractivity contribution in [2.75, 3.05) is 6.54 Å². The van der Waals surface area contributed by atoms with Crippen LogP contribution in [0.3, 0.4) is 0 Å². The average molecular weight is 318 g/mol. The van der Waals surface area contributed by atoms with Crippen molar-refractivity contribution in [1.29, 1.82) is 0 Å². The summed E-state index contributed by atoms with van der Waals surface area (Å²) in [6, 6.07) is 1.86. The Bertz CT molecular complexity index is 550. The number of hydrogen-bond donors (Lipinski definition) is 1. The Labute approximate surface area is 111 Å². The molecule has 0 atom stereocenters. The van der Waals surface area contributed by atoms with Gasteiger partial charge in [-0.2, -0.15) is 0 Å². The third-order valence-electron chi connectivity index (χ3n) is 2.49. The minimum absolute atomic E-state index is 0.229. The van der Waals surface area contributed by atoms with Crippen molar-refractivity contribution < 1.29 is 8.42 Å². The Balaban J connectivity index is 3.41. The lowest BCUT2D eigenvalue weighted by Gasteiger charge is -2.14. The Morgan fingerprint density at radius 1 is 1.35 bits per heavy atom. The van der Waals surface area contributed by atoms with Crippen LogP contribution in [0.2, 0.25) is 0 Å². The zero-order chi connectivity index (χ0) is 13.2. The number of benzene rings is 1. The van der Waals surface area contributed by atoms with Crippen molar-refractivity contribution >= 4 is 26.0 Å². The van der Waals surface area contributed by atoms with Crippen molar-refractivity contribution in [2.24, 2.45) is 0 Å². The largest absolute Gasteiger partial charge is 0.241 e. The lowest BCUT2D eigenvalue weighted by atomic mass is 10.1. The molecular weight excluding hydrogens is 302 g/mol. The van der Waals surface area contributed by atoms with E-state index < -0.39 is 10.0 Å². The van der Waals surface area contributed by atoms with Gasteiger partial charge in [0.25, 0.3) is 0 Å². The van der Waals surface area contributed by atoms with Gasteiger partial charge in [0.15, 0.2) is 0 Å². The molecule has 0 fully saturated rings. The van der Waals surface area contributed by atoms with Crippen LogP contribution in [0.25, 0.3) is 0 Å². The standard InChI is InChI=1S/C12H16BrNO2S/c1-5-6-14-17(15,16)12-9(3)7-8(2)11(13)10(12)4/h5,7,14H,1,6H2,2-4H3. The molecule has 0 aliphatic heterocycles. The molecule has 0 bridgehead atoms. The number of hydrogen-bond acceptors (Lipinski definition) is 2. The number of halogens is 1. The molecule has 1 aromatic carbocycles. The van der Waals surface area contributed by atoms with Crippen molar-refractivity contribution in [1.82, 2.24) is 4.72 Å². The predicted molar refractivity (Wildman–Crippen MR) is 73.7 cm³/mol. The first-order chi connectivity index (χ1) is 7.81. The molecule has 0 heterocycles. The Kier molecular flexibility index (Phi) is 4.52. The van der Waals surface area contributed by atoms with Crippen molar-refractivity contribution in [2.45, 2.75) is 25.7 Å². The molecule has 0 unspecified atom stereocenters. The number of aryl methyl sites for hydroxylation is 2. The molecule has 3 nitrogen and oxygen atoms in total. The Morgan fingerprint density at radius 3 is 2.47 bits per heavy atom. The highest BCUT2D eigenvalue weighted by molar-refractivity contribution is 9.10. The molecule has 0 saturated heterocycles. The maximum absolute atomic E-state index is 12.1. The maximum atomic E-state index is 12.1. The second-order valence-electron chi connectivity index (χ2n) is 3.92. The molecule has 5 heteroatoms. The van der Waals surface area contributed by atoms with Crippen LogP contribution < -0.4 is 4.72 Å². The summed E-state index contributed by atoms with van der Waals surface area (Å²) in [6.45, 7) is 9.27. The minimum Gasteiger partial charge on any atom is -0.207 e. The van der Waals surface area contributed by atoms with E-state index >= 15 is 0 Å². The molecule has 17 heavy (non-hydrogen) atoms. The quantitative estimate of drug-likeness (QED) is 0.868. The van der Waals surface area contributed by atoms with Crippen LogP contribution in [-0.4, -0.2) is 15.0 Å². The fraction of sp³-hybridized carbons (Fsp3) is 0.333. The summed E-state index contributed by atoms with van der Waals surface area (Å²) in [5.41, 5.74) is 2.52. The Morgan fingerprint density at radius 2 is 1.94 bits per heavy atom. The molecular formula is C12H16BrNO2S. The van der Waals surface area contributed by atoms with Crippen LogP contribution in [0.4, 0.5) is 0 Å². The summed E-state index contributed by atoms with van der Waals surface area (Å²) in [5, 5.41) is 0. The molecule has 0 saturated carbocycles. The molecule has 0 aliphatic carbocycles. The first kappa shape index (κ1) is 14.4. The van der Waals surface area contributed by atoms with Crippen molar-refractivity contribution in [3.63, 3.8) is 0 Å². The topological polar surface area (TPSA) is 46.2 Å². The molecule has 0 radical (unpaired) electrons. The molecule has 0 aromatic heterocycles. The summed E-state index contributed by atoms with van der Waals surface area (Å²) in [4.78, 5) is 0.344. The summed E-state index contributed by atoms with van der Waals surface area (Å²) in [5.74, 6) is 0. The lowest BCUT2D eigenvalue weighted by molar-refractivity contribution is 0.584. The van der Waals surface area contributed by atoms with Crippen LogP contribution in [-0.2, 0) is 10.0 Å². The number of rotatable bonds is 4. The van der Waals surface area contributed by atoms with Crippen LogP contribution in [0.1, 0.15) is 16.7 Å². The maximum Gasteiger partial charge on any atom is 0.241 e. The second kappa shape index (κ2) is 5.33. The van der Waals surface area contributed by atoms with E-state index in [1.807, 2.05) is 13.0 Å². The number of sulfonamides is 1. The van der Waals surface area contributed by atoms with Crippen LogP contribution in [0.5, 0.6) is 0 Å². The fourth-order valence-electron chi connectivity index (χ4n) is 1.80. The highest BCUT2D eigenvalue weighted by atomic mass is 79.9. The van der Waals surface area contributed by atoms with E-state index in [1.54, 1.807) is 13.8 Å². The molecule has 0 aliphatic rings. The highest BCUT2D eigenvalue weighted by Gasteiger charge is 2.21. The third kappa shape index (κ3) is 2.97. The zero-order valence-corrected chi connectivity index (χ0v) is 12.6. The second-order valence-corrected chi connectivity index (χ2v) is 6.42.